The van der Waals surface area contributed by atoms with Crippen LogP contribution in [-0.4, -0.2) is 55.6 Å². The zero-order chi connectivity index (χ0) is 22.0. The molecule has 0 radical (unpaired) electrons. The molecule has 0 bridgehead atoms. The normalized spacial score (nSPS) is 15.5. The Morgan fingerprint density at radius 1 is 1.19 bits per heavy atom. The summed E-state index contributed by atoms with van der Waals surface area (Å²) in [6.45, 7) is 11.1. The molecule has 0 spiro atoms. The summed E-state index contributed by atoms with van der Waals surface area (Å²) in [6.07, 6.45) is 0. The van der Waals surface area contributed by atoms with Crippen LogP contribution in [0.25, 0.3) is 10.3 Å². The molecule has 0 aliphatic carbocycles. The third-order valence-corrected chi connectivity index (χ3v) is 7.22. The predicted molar refractivity (Wildman–Crippen MR) is 130 cm³/mol. The number of nitrogens with one attached hydrogen (secondary N) is 4. The molecule has 3 heterocycles. The van der Waals surface area contributed by atoms with Crippen molar-refractivity contribution < 1.29 is 4.79 Å². The number of amides is 1. The number of hydrogen-bond acceptors (Lipinski definition) is 6. The maximum absolute atomic E-state index is 12.9. The van der Waals surface area contributed by atoms with Gasteiger partial charge in [0.25, 0.3) is 5.91 Å². The lowest BCUT2D eigenvalue weighted by Gasteiger charge is -2.29. The summed E-state index contributed by atoms with van der Waals surface area (Å²) in [5.74, 6) is 0.484. The third-order valence-electron chi connectivity index (χ3n) is 5.85. The number of fused-ring (bicyclic) bond motifs is 1. The number of thiazole rings is 1. The summed E-state index contributed by atoms with van der Waals surface area (Å²) in [5, 5.41) is 10.7. The zero-order valence-electron chi connectivity index (χ0n) is 18.7. The fourth-order valence-corrected chi connectivity index (χ4v) is 5.01. The van der Waals surface area contributed by atoms with Crippen LogP contribution in [0, 0.1) is 0 Å². The number of piperazine rings is 1. The zero-order valence-corrected chi connectivity index (χ0v) is 19.5. The van der Waals surface area contributed by atoms with Crippen molar-refractivity contribution in [3.8, 4) is 0 Å². The fourth-order valence-electron chi connectivity index (χ4n) is 3.93. The van der Waals surface area contributed by atoms with Crippen molar-refractivity contribution in [1.29, 1.82) is 0 Å². The van der Waals surface area contributed by atoms with Gasteiger partial charge in [-0.05, 0) is 23.6 Å². The van der Waals surface area contributed by atoms with Gasteiger partial charge in [-0.3, -0.25) is 4.79 Å². The molecule has 0 unspecified atom stereocenters. The number of benzene rings is 1. The number of H-pyrrole nitrogens is 1. The summed E-state index contributed by atoms with van der Waals surface area (Å²) < 4.78 is 1.01. The molecular formula is C23H32N6OS. The van der Waals surface area contributed by atoms with Crippen molar-refractivity contribution >= 4 is 39.0 Å². The molecule has 3 aromatic rings. The number of anilines is 2. The van der Waals surface area contributed by atoms with Crippen molar-refractivity contribution in [3.63, 3.8) is 0 Å². The first-order valence-electron chi connectivity index (χ1n) is 11.0. The number of carbonyl (C=O) groups is 1. The maximum Gasteiger partial charge on any atom is 0.269 e. The van der Waals surface area contributed by atoms with Crippen LogP contribution in [0.3, 0.4) is 0 Å². The molecule has 0 saturated carbocycles. The largest absolute Gasteiger partial charge is 0.385 e. The number of rotatable bonds is 7. The molecule has 166 valence electrons. The van der Waals surface area contributed by atoms with Crippen molar-refractivity contribution in [2.24, 2.45) is 0 Å². The molecule has 4 N–H and O–H groups in total. The van der Waals surface area contributed by atoms with E-state index in [0.717, 1.165) is 47.2 Å². The van der Waals surface area contributed by atoms with E-state index in [2.05, 4.69) is 75.9 Å². The van der Waals surface area contributed by atoms with Crippen molar-refractivity contribution in [2.75, 3.05) is 50.0 Å². The van der Waals surface area contributed by atoms with E-state index in [0.29, 0.717) is 18.2 Å². The van der Waals surface area contributed by atoms with Gasteiger partial charge < -0.3 is 25.8 Å². The van der Waals surface area contributed by atoms with Crippen molar-refractivity contribution in [3.05, 3.63) is 40.5 Å². The fraction of sp³-hybridized carbons (Fsp3) is 0.478. The van der Waals surface area contributed by atoms with Gasteiger partial charge in [-0.15, -0.1) is 11.3 Å². The van der Waals surface area contributed by atoms with Gasteiger partial charge in [0.15, 0.2) is 5.65 Å². The van der Waals surface area contributed by atoms with Gasteiger partial charge in [0.05, 0.1) is 15.4 Å². The molecule has 2 aromatic heterocycles. The molecule has 7 nitrogen and oxygen atoms in total. The van der Waals surface area contributed by atoms with E-state index in [4.69, 9.17) is 0 Å². The number of carbonyl (C=O) groups excluding carboxylic acids is 1. The van der Waals surface area contributed by atoms with Crippen LogP contribution < -0.4 is 20.9 Å². The lowest BCUT2D eigenvalue weighted by molar-refractivity contribution is 0.0948. The topological polar surface area (TPSA) is 85.1 Å². The minimum atomic E-state index is -0.107. The van der Waals surface area contributed by atoms with Crippen LogP contribution in [0.2, 0.25) is 0 Å². The van der Waals surface area contributed by atoms with Crippen LogP contribution in [0.15, 0.2) is 24.3 Å². The smallest absolute Gasteiger partial charge is 0.269 e. The number of nitrogens with zero attached hydrogens (tertiary/aromatic N) is 2. The van der Waals surface area contributed by atoms with E-state index < -0.39 is 0 Å². The first-order valence-corrected chi connectivity index (χ1v) is 11.8. The summed E-state index contributed by atoms with van der Waals surface area (Å²) in [5.41, 5.74) is 4.64. The predicted octanol–water partition coefficient (Wildman–Crippen LogP) is 3.73. The van der Waals surface area contributed by atoms with Crippen LogP contribution in [0.4, 0.5) is 11.4 Å². The minimum Gasteiger partial charge on any atom is -0.385 e. The van der Waals surface area contributed by atoms with Gasteiger partial charge >= 0.3 is 0 Å². The Kier molecular flexibility index (Phi) is 6.48. The molecule has 8 heteroatoms. The minimum absolute atomic E-state index is 0.107. The highest BCUT2D eigenvalue weighted by molar-refractivity contribution is 7.19. The van der Waals surface area contributed by atoms with E-state index >= 15 is 0 Å². The van der Waals surface area contributed by atoms with Crippen LogP contribution in [0.1, 0.15) is 53.7 Å². The molecule has 1 atom stereocenters. The second-order valence-electron chi connectivity index (χ2n) is 8.45. The second kappa shape index (κ2) is 9.28. The van der Waals surface area contributed by atoms with Gasteiger partial charge in [0.2, 0.25) is 0 Å². The molecule has 4 rings (SSSR count). The van der Waals surface area contributed by atoms with E-state index in [1.807, 2.05) is 7.05 Å². The van der Waals surface area contributed by atoms with E-state index in [9.17, 15) is 4.79 Å². The lowest BCUT2D eigenvalue weighted by atomic mass is 10.0. The SMILES string of the molecule is CNc1c(C(=O)NC[C@H](C)c2ccc(N3CCNCC3)cc2)[nH]c2nc(C(C)C)sc12. The summed E-state index contributed by atoms with van der Waals surface area (Å²) >= 11 is 1.64. The molecule has 1 aromatic carbocycles. The van der Waals surface area contributed by atoms with Gasteiger partial charge in [0, 0.05) is 51.4 Å². The summed E-state index contributed by atoms with van der Waals surface area (Å²) in [7, 11) is 1.84. The molecule has 1 aliphatic rings. The first kappa shape index (κ1) is 21.6. The average molecular weight is 441 g/mol. The Bertz CT molecular complexity index is 1030. The first-order chi connectivity index (χ1) is 15.0. The highest BCUT2D eigenvalue weighted by atomic mass is 32.1. The third kappa shape index (κ3) is 4.55. The van der Waals surface area contributed by atoms with Crippen molar-refractivity contribution in [2.45, 2.75) is 32.6 Å². The van der Waals surface area contributed by atoms with Crippen LogP contribution in [0.5, 0.6) is 0 Å². The molecule has 31 heavy (non-hydrogen) atoms. The Hall–Kier alpha value is -2.58. The van der Waals surface area contributed by atoms with E-state index in [1.165, 1.54) is 11.3 Å². The molecule has 1 fully saturated rings. The maximum atomic E-state index is 12.9. The Morgan fingerprint density at radius 2 is 1.90 bits per heavy atom. The Morgan fingerprint density at radius 3 is 2.55 bits per heavy atom. The average Bonchev–Trinajstić information content (AvgIpc) is 3.36. The molecule has 1 aliphatic heterocycles. The van der Waals surface area contributed by atoms with E-state index in [1.54, 1.807) is 11.3 Å². The number of aromatic nitrogens is 2. The summed E-state index contributed by atoms with van der Waals surface area (Å²) in [6, 6.07) is 8.73. The quantitative estimate of drug-likeness (QED) is 0.450. The molecular weight excluding hydrogens is 408 g/mol. The van der Waals surface area contributed by atoms with Gasteiger partial charge in [-0.1, -0.05) is 32.9 Å². The Balaban J connectivity index is 1.40. The van der Waals surface area contributed by atoms with Gasteiger partial charge in [0.1, 0.15) is 5.69 Å². The van der Waals surface area contributed by atoms with Crippen LogP contribution in [-0.2, 0) is 0 Å². The highest BCUT2D eigenvalue weighted by Gasteiger charge is 2.21. The Labute approximate surface area is 187 Å². The molecule has 1 saturated heterocycles. The highest BCUT2D eigenvalue weighted by Crippen LogP contribution is 2.35. The number of hydrogen-bond donors (Lipinski definition) is 4. The van der Waals surface area contributed by atoms with Crippen LogP contribution >= 0.6 is 11.3 Å². The van der Waals surface area contributed by atoms with Crippen molar-refractivity contribution in [1.82, 2.24) is 20.6 Å². The van der Waals surface area contributed by atoms with Gasteiger partial charge in [-0.25, -0.2) is 4.98 Å². The second-order valence-corrected chi connectivity index (χ2v) is 9.48. The number of aromatic amines is 1. The monoisotopic (exact) mass is 440 g/mol. The van der Waals surface area contributed by atoms with E-state index in [-0.39, 0.29) is 11.8 Å². The van der Waals surface area contributed by atoms with Gasteiger partial charge in [-0.2, -0.15) is 0 Å². The standard InChI is InChI=1S/C23H32N6OS/c1-14(2)23-28-21-20(31-23)18(24-4)19(27-21)22(30)26-13-15(3)16-5-7-17(8-6-16)29-11-9-25-10-12-29/h5-8,14-15,24-25,27H,9-13H2,1-4H3,(H,26,30)/t15-/m0/s1. The lowest BCUT2D eigenvalue weighted by Crippen LogP contribution is -2.43. The molecule has 1 amide bonds. The summed E-state index contributed by atoms with van der Waals surface area (Å²) in [4.78, 5) is 23.2.